The molecule has 0 radical (unpaired) electrons. The molecule has 3 heterocycles. The van der Waals surface area contributed by atoms with Crippen LogP contribution in [0.25, 0.3) is 26.6 Å². The van der Waals surface area contributed by atoms with Crippen molar-refractivity contribution in [2.45, 2.75) is 18.4 Å². The highest BCUT2D eigenvalue weighted by molar-refractivity contribution is 7.89. The number of fused-ring (bicyclic) bond motifs is 1. The molecule has 5 aromatic rings. The summed E-state index contributed by atoms with van der Waals surface area (Å²) >= 11 is 1.50. The lowest BCUT2D eigenvalue weighted by atomic mass is 10.3. The summed E-state index contributed by atoms with van der Waals surface area (Å²) in [6.45, 7) is 1.87. The molecule has 156 valence electrons. The first-order valence-corrected chi connectivity index (χ1v) is 11.7. The third-order valence-electron chi connectivity index (χ3n) is 4.70. The number of benzene rings is 2. The second-order valence-electron chi connectivity index (χ2n) is 6.81. The van der Waals surface area contributed by atoms with Crippen molar-refractivity contribution in [1.29, 1.82) is 0 Å². The van der Waals surface area contributed by atoms with Crippen molar-refractivity contribution in [1.82, 2.24) is 24.6 Å². The molecule has 8 nitrogen and oxygen atoms in total. The number of hydrogen-bond acceptors (Lipinski definition) is 7. The summed E-state index contributed by atoms with van der Waals surface area (Å²) in [5.41, 5.74) is 1.87. The summed E-state index contributed by atoms with van der Waals surface area (Å²) in [6.07, 6.45) is 0. The van der Waals surface area contributed by atoms with Crippen molar-refractivity contribution < 1.29 is 12.9 Å². The Morgan fingerprint density at radius 2 is 1.77 bits per heavy atom. The molecule has 0 fully saturated rings. The van der Waals surface area contributed by atoms with Crippen molar-refractivity contribution in [2.24, 2.45) is 0 Å². The smallest absolute Gasteiger partial charge is 0.242 e. The first-order chi connectivity index (χ1) is 15.0. The van der Waals surface area contributed by atoms with Crippen LogP contribution in [0.5, 0.6) is 0 Å². The molecule has 0 atom stereocenters. The molecule has 1 N–H and O–H groups in total. The largest absolute Gasteiger partial charge is 0.337 e. The zero-order valence-electron chi connectivity index (χ0n) is 16.4. The van der Waals surface area contributed by atoms with E-state index < -0.39 is 10.0 Å². The van der Waals surface area contributed by atoms with Crippen LogP contribution in [0.2, 0.25) is 0 Å². The van der Waals surface area contributed by atoms with E-state index >= 15 is 0 Å². The molecule has 0 aliphatic carbocycles. The van der Waals surface area contributed by atoms with Gasteiger partial charge in [0, 0.05) is 5.39 Å². The second-order valence-corrected chi connectivity index (χ2v) is 9.61. The van der Waals surface area contributed by atoms with Crippen LogP contribution in [0.15, 0.2) is 76.1 Å². The van der Waals surface area contributed by atoms with Gasteiger partial charge in [-0.05, 0) is 37.3 Å². The van der Waals surface area contributed by atoms with Crippen molar-refractivity contribution in [2.75, 3.05) is 0 Å². The van der Waals surface area contributed by atoms with Gasteiger partial charge in [0.15, 0.2) is 0 Å². The minimum absolute atomic E-state index is 0.0913. The fraction of sp³-hybridized carbons (Fsp3) is 0.0952. The standard InChI is InChI=1S/C21H17N5O3S2/c1-14-17-12-18(30-21(17)26(24-14)15-8-4-2-5-9-15)20-23-19(29-25-20)13-22-31(27,28)16-10-6-3-7-11-16/h2-12,22H,13H2,1H3. The SMILES string of the molecule is Cc1nn(-c2ccccc2)c2sc(-c3noc(CNS(=O)(=O)c4ccccc4)n3)cc12. The molecule has 2 aromatic carbocycles. The van der Waals surface area contributed by atoms with Gasteiger partial charge in [0.05, 0.1) is 27.7 Å². The maximum Gasteiger partial charge on any atom is 0.242 e. The van der Waals surface area contributed by atoms with E-state index in [-0.39, 0.29) is 17.3 Å². The number of sulfonamides is 1. The van der Waals surface area contributed by atoms with Crippen LogP contribution in [-0.4, -0.2) is 28.3 Å². The number of nitrogens with zero attached hydrogens (tertiary/aromatic N) is 4. The zero-order valence-corrected chi connectivity index (χ0v) is 18.0. The predicted molar refractivity (Wildman–Crippen MR) is 117 cm³/mol. The Morgan fingerprint density at radius 1 is 1.06 bits per heavy atom. The molecule has 0 bridgehead atoms. The van der Waals surface area contributed by atoms with Gasteiger partial charge in [0.25, 0.3) is 0 Å². The molecule has 10 heteroatoms. The Kier molecular flexibility index (Phi) is 4.89. The quantitative estimate of drug-likeness (QED) is 0.420. The zero-order chi connectivity index (χ0) is 21.4. The second kappa shape index (κ2) is 7.73. The average molecular weight is 452 g/mol. The highest BCUT2D eigenvalue weighted by Gasteiger charge is 2.19. The van der Waals surface area contributed by atoms with Gasteiger partial charge < -0.3 is 4.52 Å². The normalized spacial score (nSPS) is 11.9. The van der Waals surface area contributed by atoms with Gasteiger partial charge in [-0.2, -0.15) is 10.1 Å². The Hall–Kier alpha value is -3.34. The van der Waals surface area contributed by atoms with Crippen LogP contribution in [0.3, 0.4) is 0 Å². The van der Waals surface area contributed by atoms with E-state index in [0.29, 0.717) is 5.82 Å². The van der Waals surface area contributed by atoms with Gasteiger partial charge in [-0.25, -0.2) is 17.8 Å². The minimum Gasteiger partial charge on any atom is -0.337 e. The molecule has 0 saturated heterocycles. The van der Waals surface area contributed by atoms with Crippen LogP contribution in [-0.2, 0) is 16.6 Å². The van der Waals surface area contributed by atoms with Crippen LogP contribution in [0, 0.1) is 6.92 Å². The molecular weight excluding hydrogens is 434 g/mol. The fourth-order valence-corrected chi connectivity index (χ4v) is 5.27. The van der Waals surface area contributed by atoms with Gasteiger partial charge >= 0.3 is 0 Å². The average Bonchev–Trinajstić information content (AvgIpc) is 3.50. The Labute approximate surface area is 182 Å². The Morgan fingerprint density at radius 3 is 2.52 bits per heavy atom. The van der Waals surface area contributed by atoms with Crippen LogP contribution < -0.4 is 4.72 Å². The fourth-order valence-electron chi connectivity index (χ4n) is 3.17. The molecule has 0 amide bonds. The van der Waals surface area contributed by atoms with Gasteiger partial charge in [-0.3, -0.25) is 0 Å². The third-order valence-corrected chi connectivity index (χ3v) is 7.22. The van der Waals surface area contributed by atoms with E-state index in [2.05, 4.69) is 20.0 Å². The lowest BCUT2D eigenvalue weighted by Gasteiger charge is -2.03. The van der Waals surface area contributed by atoms with E-state index in [1.54, 1.807) is 18.2 Å². The number of rotatable bonds is 6. The molecule has 3 aromatic heterocycles. The summed E-state index contributed by atoms with van der Waals surface area (Å²) in [5, 5.41) is 9.67. The first-order valence-electron chi connectivity index (χ1n) is 9.43. The third kappa shape index (κ3) is 3.76. The van der Waals surface area contributed by atoms with E-state index in [0.717, 1.165) is 26.5 Å². The van der Waals surface area contributed by atoms with Gasteiger partial charge in [0.1, 0.15) is 4.83 Å². The number of hydrogen-bond donors (Lipinski definition) is 1. The lowest BCUT2D eigenvalue weighted by Crippen LogP contribution is -2.23. The number of thiophene rings is 1. The molecular formula is C21H17N5O3S2. The minimum atomic E-state index is -3.65. The Bertz CT molecular complexity index is 1460. The molecule has 0 unspecified atom stereocenters. The number of aromatic nitrogens is 4. The summed E-state index contributed by atoms with van der Waals surface area (Å²) in [6, 6.07) is 20.0. The highest BCUT2D eigenvalue weighted by atomic mass is 32.2. The van der Waals surface area contributed by atoms with E-state index in [1.807, 2.05) is 48.0 Å². The summed E-state index contributed by atoms with van der Waals surface area (Å²) in [7, 11) is -3.65. The number of aryl methyl sites for hydroxylation is 1. The van der Waals surface area contributed by atoms with Crippen molar-refractivity contribution in [3.05, 3.63) is 78.3 Å². The van der Waals surface area contributed by atoms with Crippen LogP contribution in [0.1, 0.15) is 11.6 Å². The van der Waals surface area contributed by atoms with E-state index in [4.69, 9.17) is 4.52 Å². The van der Waals surface area contributed by atoms with Crippen LogP contribution in [0.4, 0.5) is 0 Å². The van der Waals surface area contributed by atoms with Crippen molar-refractivity contribution in [3.8, 4) is 16.4 Å². The maximum atomic E-state index is 12.4. The van der Waals surface area contributed by atoms with Gasteiger partial charge in [-0.15, -0.1) is 11.3 Å². The summed E-state index contributed by atoms with van der Waals surface area (Å²) in [4.78, 5) is 6.34. The maximum absolute atomic E-state index is 12.4. The van der Waals surface area contributed by atoms with Crippen molar-refractivity contribution in [3.63, 3.8) is 0 Å². The number of para-hydroxylation sites is 1. The molecule has 0 aliphatic heterocycles. The number of nitrogens with one attached hydrogen (secondary N) is 1. The van der Waals surface area contributed by atoms with E-state index in [1.165, 1.54) is 23.5 Å². The molecule has 0 aliphatic rings. The van der Waals surface area contributed by atoms with Gasteiger partial charge in [-0.1, -0.05) is 41.6 Å². The molecule has 0 saturated carbocycles. The lowest BCUT2D eigenvalue weighted by molar-refractivity contribution is 0.376. The topological polar surface area (TPSA) is 103 Å². The Balaban J connectivity index is 1.40. The van der Waals surface area contributed by atoms with Crippen molar-refractivity contribution >= 4 is 31.6 Å². The molecule has 0 spiro atoms. The predicted octanol–water partition coefficient (Wildman–Crippen LogP) is 3.92. The monoisotopic (exact) mass is 451 g/mol. The summed E-state index contributed by atoms with van der Waals surface area (Å²) < 4.78 is 34.4. The van der Waals surface area contributed by atoms with Crippen LogP contribution >= 0.6 is 11.3 Å². The molecule has 5 rings (SSSR count). The highest BCUT2D eigenvalue weighted by Crippen LogP contribution is 2.35. The van der Waals surface area contributed by atoms with E-state index in [9.17, 15) is 8.42 Å². The van der Waals surface area contributed by atoms with Gasteiger partial charge in [0.2, 0.25) is 21.7 Å². The first kappa shape index (κ1) is 19.6. The molecule has 31 heavy (non-hydrogen) atoms. The summed E-state index contributed by atoms with van der Waals surface area (Å²) in [5.74, 6) is 0.600.